The number of pyridine rings is 1. The Balaban J connectivity index is 0.000000182. The number of unbranched alkanes of at least 4 members (excludes halogenated alkanes) is 2. The molecule has 1 aromatic carbocycles. The average Bonchev–Trinajstić information content (AvgIpc) is 3.95. The molecule has 2 saturated carbocycles. The van der Waals surface area contributed by atoms with Crippen molar-refractivity contribution in [1.29, 1.82) is 0 Å². The van der Waals surface area contributed by atoms with Gasteiger partial charge in [0.1, 0.15) is 23.7 Å². The number of allylic oxidation sites excluding steroid dienone is 1. The van der Waals surface area contributed by atoms with Crippen LogP contribution in [0.15, 0.2) is 54.0 Å². The third-order valence-electron chi connectivity index (χ3n) is 8.58. The fraction of sp³-hybridized carbons (Fsp3) is 0.528. The van der Waals surface area contributed by atoms with Gasteiger partial charge in [-0.2, -0.15) is 5.10 Å². The lowest BCUT2D eigenvalue weighted by atomic mass is 10.2. The Bertz CT molecular complexity index is 1630. The largest absolute Gasteiger partial charge is 0.497 e. The van der Waals surface area contributed by atoms with Gasteiger partial charge in [0.25, 0.3) is 5.91 Å². The molecule has 2 aromatic heterocycles. The molecule has 3 N–H and O–H groups in total. The predicted molar refractivity (Wildman–Crippen MR) is 193 cm³/mol. The summed E-state index contributed by atoms with van der Waals surface area (Å²) < 4.78 is 15.4. The number of hydrogen-bond donors (Lipinski definition) is 3. The summed E-state index contributed by atoms with van der Waals surface area (Å²) in [6.07, 6.45) is 13.1. The summed E-state index contributed by atoms with van der Waals surface area (Å²) in [7, 11) is 1.60. The second-order valence-electron chi connectivity index (χ2n) is 12.9. The molecule has 2 aliphatic carbocycles. The van der Waals surface area contributed by atoms with Gasteiger partial charge >= 0.3 is 0 Å². The van der Waals surface area contributed by atoms with Gasteiger partial charge in [-0.25, -0.2) is 4.68 Å². The number of ether oxygens (including phenoxy) is 2. The number of fused-ring (bicyclic) bond motifs is 1. The van der Waals surface area contributed by atoms with Gasteiger partial charge < -0.3 is 29.4 Å². The van der Waals surface area contributed by atoms with Crippen molar-refractivity contribution in [3.05, 3.63) is 65.1 Å². The summed E-state index contributed by atoms with van der Waals surface area (Å²) in [6, 6.07) is 8.79. The van der Waals surface area contributed by atoms with Gasteiger partial charge in [-0.15, -0.1) is 6.58 Å². The number of nitrogens with one attached hydrogen (secondary N) is 3. The molecule has 3 amide bonds. The van der Waals surface area contributed by atoms with Crippen molar-refractivity contribution in [2.24, 2.45) is 0 Å². The zero-order valence-corrected chi connectivity index (χ0v) is 29.9. The molecule has 13 heteroatoms. The maximum Gasteiger partial charge on any atom is 0.252 e. The van der Waals surface area contributed by atoms with E-state index in [4.69, 9.17) is 9.47 Å². The molecule has 12 nitrogen and oxygen atoms in total. The number of aryl methyl sites for hydroxylation is 1. The molecule has 1 unspecified atom stereocenters. The number of H-pyrrole nitrogens is 1. The van der Waals surface area contributed by atoms with Crippen LogP contribution in [-0.2, 0) is 19.1 Å². The maximum absolute atomic E-state index is 12.5. The molecular weight excluding hydrogens is 644 g/mol. The van der Waals surface area contributed by atoms with E-state index in [0.717, 1.165) is 62.6 Å². The highest BCUT2D eigenvalue weighted by atomic mass is 32.2. The number of rotatable bonds is 14. The number of aromatic amines is 1. The van der Waals surface area contributed by atoms with E-state index in [1.807, 2.05) is 25.3 Å². The van der Waals surface area contributed by atoms with E-state index < -0.39 is 6.10 Å². The second-order valence-corrected chi connectivity index (χ2v) is 14.3. The van der Waals surface area contributed by atoms with Crippen LogP contribution in [0.3, 0.4) is 0 Å². The molecule has 0 spiro atoms. The highest BCUT2D eigenvalue weighted by molar-refractivity contribution is 7.99. The standard InChI is InChI=1S/C17H28N2O3.C14H13N3O2.C5H9NOS/c1-3-4-5-6-12-22-13(2)17(21)19-11-7-8-15(19)16(20)18-14-9-10-14;1-9-5-6-17(16-9)14-8-13(18)11-4-3-10(19-2)7-12(11)15-14;1-5(2-3-5)8-6-4-7/h3,13-15H,1,4-12H2,2H3,(H,18,20);3-8H,1-2H3,(H,15,18);4H,2-3H2,1H3,(H,6,7)/t13-,15?;;/m1../s1. The lowest BCUT2D eigenvalue weighted by Gasteiger charge is -2.26. The fourth-order valence-electron chi connectivity index (χ4n) is 5.25. The van der Waals surface area contributed by atoms with Crippen molar-refractivity contribution in [3.8, 4) is 11.6 Å². The van der Waals surface area contributed by atoms with Crippen LogP contribution in [-0.4, -0.2) is 81.1 Å². The first-order valence-electron chi connectivity index (χ1n) is 17.0. The molecule has 3 heterocycles. The van der Waals surface area contributed by atoms with Gasteiger partial charge in [0.2, 0.25) is 12.3 Å². The van der Waals surface area contributed by atoms with E-state index in [2.05, 4.69) is 33.6 Å². The SMILES string of the molecule is C=CCCCCO[C@H](C)C(=O)N1CCCC1C(=O)NC1CC1.CC1(SNC=O)CC1.COc1ccc2c(=O)cc(-n3ccc(C)n3)[nH]c2c1. The number of methoxy groups -OCH3 is 1. The molecule has 6 rings (SSSR count). The monoisotopic (exact) mass is 694 g/mol. The molecule has 0 radical (unpaired) electrons. The van der Waals surface area contributed by atoms with Crippen LogP contribution < -0.4 is 20.2 Å². The van der Waals surface area contributed by atoms with Gasteiger partial charge in [0.15, 0.2) is 5.43 Å². The van der Waals surface area contributed by atoms with Crippen molar-refractivity contribution in [2.45, 2.75) is 101 Å². The molecule has 0 bridgehead atoms. The quantitative estimate of drug-likeness (QED) is 0.0927. The third-order valence-corrected chi connectivity index (χ3v) is 9.70. The number of carbonyl (C=O) groups excluding carboxylic acids is 3. The zero-order valence-electron chi connectivity index (χ0n) is 29.0. The van der Waals surface area contributed by atoms with Gasteiger partial charge in [0.05, 0.1) is 18.3 Å². The van der Waals surface area contributed by atoms with Crippen molar-refractivity contribution < 1.29 is 23.9 Å². The Morgan fingerprint density at radius 3 is 2.61 bits per heavy atom. The Labute approximate surface area is 292 Å². The molecule has 1 saturated heterocycles. The van der Waals surface area contributed by atoms with Crippen LogP contribution >= 0.6 is 11.9 Å². The first-order valence-corrected chi connectivity index (χ1v) is 17.8. The fourth-order valence-corrected chi connectivity index (χ4v) is 5.88. The van der Waals surface area contributed by atoms with E-state index >= 15 is 0 Å². The number of benzene rings is 1. The second kappa shape index (κ2) is 18.1. The van der Waals surface area contributed by atoms with Crippen LogP contribution in [0.2, 0.25) is 0 Å². The van der Waals surface area contributed by atoms with Gasteiger partial charge in [-0.1, -0.05) is 6.08 Å². The zero-order chi connectivity index (χ0) is 35.4. The maximum atomic E-state index is 12.5. The summed E-state index contributed by atoms with van der Waals surface area (Å²) in [5, 5.41) is 7.92. The van der Waals surface area contributed by atoms with Crippen molar-refractivity contribution in [1.82, 2.24) is 29.7 Å². The minimum atomic E-state index is -0.474. The molecular formula is C36H50N6O6S. The number of amides is 3. The van der Waals surface area contributed by atoms with Crippen molar-refractivity contribution in [2.75, 3.05) is 20.3 Å². The third kappa shape index (κ3) is 11.5. The molecule has 1 aliphatic heterocycles. The normalized spacial score (nSPS) is 17.9. The Kier molecular flexibility index (Phi) is 13.9. The molecule has 3 aliphatic rings. The minimum Gasteiger partial charge on any atom is -0.497 e. The van der Waals surface area contributed by atoms with E-state index in [9.17, 15) is 19.2 Å². The van der Waals surface area contributed by atoms with Crippen LogP contribution in [0.25, 0.3) is 16.7 Å². The van der Waals surface area contributed by atoms with E-state index in [-0.39, 0.29) is 23.3 Å². The molecule has 3 aromatic rings. The van der Waals surface area contributed by atoms with Crippen molar-refractivity contribution >= 4 is 41.1 Å². The summed E-state index contributed by atoms with van der Waals surface area (Å²) in [4.78, 5) is 51.4. The summed E-state index contributed by atoms with van der Waals surface area (Å²) >= 11 is 1.53. The molecule has 49 heavy (non-hydrogen) atoms. The number of hydrogen-bond acceptors (Lipinski definition) is 8. The first-order chi connectivity index (χ1) is 23.6. The minimum absolute atomic E-state index is 0.00605. The Morgan fingerprint density at radius 2 is 1.98 bits per heavy atom. The smallest absolute Gasteiger partial charge is 0.252 e. The van der Waals surface area contributed by atoms with Crippen LogP contribution in [0, 0.1) is 6.92 Å². The van der Waals surface area contributed by atoms with Crippen LogP contribution in [0.4, 0.5) is 0 Å². The summed E-state index contributed by atoms with van der Waals surface area (Å²) in [5.74, 6) is 1.29. The van der Waals surface area contributed by atoms with E-state index in [0.29, 0.717) is 40.9 Å². The van der Waals surface area contributed by atoms with Gasteiger partial charge in [-0.3, -0.25) is 19.2 Å². The Morgan fingerprint density at radius 1 is 1.20 bits per heavy atom. The Hall–Kier alpha value is -4.10. The lowest BCUT2D eigenvalue weighted by molar-refractivity contribution is -0.147. The summed E-state index contributed by atoms with van der Waals surface area (Å²) in [6.45, 7) is 10.7. The molecule has 266 valence electrons. The predicted octanol–water partition coefficient (Wildman–Crippen LogP) is 4.98. The average molecular weight is 695 g/mol. The summed E-state index contributed by atoms with van der Waals surface area (Å²) in [5.41, 5.74) is 1.58. The number of nitrogens with zero attached hydrogens (tertiary/aromatic N) is 3. The van der Waals surface area contributed by atoms with Gasteiger partial charge in [0, 0.05) is 47.7 Å². The number of aromatic nitrogens is 3. The van der Waals surface area contributed by atoms with E-state index in [1.54, 1.807) is 47.9 Å². The molecule has 2 atom stereocenters. The number of carbonyl (C=O) groups is 3. The first kappa shape index (κ1) is 37.7. The van der Waals surface area contributed by atoms with Crippen LogP contribution in [0.5, 0.6) is 5.75 Å². The molecule has 3 fully saturated rings. The highest BCUT2D eigenvalue weighted by Gasteiger charge is 2.39. The van der Waals surface area contributed by atoms with E-state index in [1.165, 1.54) is 24.8 Å². The lowest BCUT2D eigenvalue weighted by Crippen LogP contribution is -2.49. The number of likely N-dealkylation sites (tertiary alicyclic amines) is 1. The van der Waals surface area contributed by atoms with Crippen LogP contribution in [0.1, 0.15) is 77.3 Å². The van der Waals surface area contributed by atoms with Crippen molar-refractivity contribution in [3.63, 3.8) is 0 Å². The highest BCUT2D eigenvalue weighted by Crippen LogP contribution is 2.45. The topological polar surface area (TPSA) is 148 Å². The van der Waals surface area contributed by atoms with Gasteiger partial charge in [-0.05, 0) is 109 Å².